The summed E-state index contributed by atoms with van der Waals surface area (Å²) in [7, 11) is 4.81. The highest BCUT2D eigenvalue weighted by Gasteiger charge is 2.30. The predicted molar refractivity (Wildman–Crippen MR) is 136 cm³/mol. The standard InChI is InChI=1S/C24H24BrN3O5S/c1-27-23(30)20(13-15-11-18(25)21(32-3)19(12-15)31-2)34-24(27)26-17-6-4-5-16(14-17)22(29)28-7-9-33-10-8-28/h4-6,11-14H,7-10H2,1-3H3/b20-13+,26-24?. The molecule has 2 fully saturated rings. The Morgan fingerprint density at radius 2 is 1.94 bits per heavy atom. The second-order valence-electron chi connectivity index (χ2n) is 7.56. The first-order valence-electron chi connectivity index (χ1n) is 10.6. The second kappa shape index (κ2) is 10.6. The molecule has 0 saturated carbocycles. The van der Waals surface area contributed by atoms with E-state index in [1.54, 1.807) is 56.5 Å². The molecule has 2 aliphatic rings. The quantitative estimate of drug-likeness (QED) is 0.524. The largest absolute Gasteiger partial charge is 0.493 e. The van der Waals surface area contributed by atoms with E-state index in [4.69, 9.17) is 14.2 Å². The molecule has 2 saturated heterocycles. The van der Waals surface area contributed by atoms with Gasteiger partial charge in [-0.05, 0) is 69.7 Å². The summed E-state index contributed by atoms with van der Waals surface area (Å²) in [4.78, 5) is 34.1. The number of methoxy groups -OCH3 is 2. The van der Waals surface area contributed by atoms with Crippen molar-refractivity contribution in [2.75, 3.05) is 47.6 Å². The molecule has 0 aromatic heterocycles. The van der Waals surface area contributed by atoms with Crippen molar-refractivity contribution in [3.63, 3.8) is 0 Å². The van der Waals surface area contributed by atoms with E-state index in [1.165, 1.54) is 16.7 Å². The van der Waals surface area contributed by atoms with Gasteiger partial charge >= 0.3 is 0 Å². The third kappa shape index (κ3) is 5.13. The Morgan fingerprint density at radius 1 is 1.18 bits per heavy atom. The number of thioether (sulfide) groups is 1. The molecule has 2 amide bonds. The van der Waals surface area contributed by atoms with Crippen molar-refractivity contribution in [2.45, 2.75) is 0 Å². The highest BCUT2D eigenvalue weighted by atomic mass is 79.9. The minimum Gasteiger partial charge on any atom is -0.493 e. The Labute approximate surface area is 210 Å². The number of morpholine rings is 1. The van der Waals surface area contributed by atoms with Crippen molar-refractivity contribution in [3.8, 4) is 11.5 Å². The molecule has 4 rings (SSSR count). The Morgan fingerprint density at radius 3 is 2.65 bits per heavy atom. The predicted octanol–water partition coefficient (Wildman–Crippen LogP) is 4.17. The van der Waals surface area contributed by atoms with Gasteiger partial charge in [-0.1, -0.05) is 6.07 Å². The van der Waals surface area contributed by atoms with Gasteiger partial charge in [0.1, 0.15) is 0 Å². The molecule has 0 N–H and O–H groups in total. The minimum atomic E-state index is -0.157. The van der Waals surface area contributed by atoms with E-state index in [9.17, 15) is 9.59 Å². The van der Waals surface area contributed by atoms with Crippen LogP contribution >= 0.6 is 27.7 Å². The summed E-state index contributed by atoms with van der Waals surface area (Å²) in [6.07, 6.45) is 1.79. The second-order valence-corrected chi connectivity index (χ2v) is 9.43. The van der Waals surface area contributed by atoms with Gasteiger partial charge in [0.2, 0.25) is 0 Å². The van der Waals surface area contributed by atoms with E-state index >= 15 is 0 Å². The summed E-state index contributed by atoms with van der Waals surface area (Å²) in [5.41, 5.74) is 1.95. The molecular weight excluding hydrogens is 522 g/mol. The fourth-order valence-corrected chi connectivity index (χ4v) is 5.20. The molecule has 0 radical (unpaired) electrons. The monoisotopic (exact) mass is 545 g/mol. The van der Waals surface area contributed by atoms with Crippen molar-refractivity contribution in [1.29, 1.82) is 0 Å². The Hall–Kier alpha value is -2.82. The zero-order valence-electron chi connectivity index (χ0n) is 19.0. The number of nitrogens with zero attached hydrogens (tertiary/aromatic N) is 3. The number of benzene rings is 2. The topological polar surface area (TPSA) is 80.7 Å². The van der Waals surface area contributed by atoms with E-state index in [-0.39, 0.29) is 11.8 Å². The van der Waals surface area contributed by atoms with Crippen LogP contribution < -0.4 is 9.47 Å². The van der Waals surface area contributed by atoms with Crippen LogP contribution in [0.15, 0.2) is 50.8 Å². The van der Waals surface area contributed by atoms with Crippen molar-refractivity contribution in [3.05, 3.63) is 56.9 Å². The summed E-state index contributed by atoms with van der Waals surface area (Å²) in [5.74, 6) is 0.938. The normalized spacial score (nSPS) is 18.6. The molecule has 2 aromatic carbocycles. The summed E-state index contributed by atoms with van der Waals surface area (Å²) < 4.78 is 16.8. The lowest BCUT2D eigenvalue weighted by Crippen LogP contribution is -2.40. The lowest BCUT2D eigenvalue weighted by Gasteiger charge is -2.26. The van der Waals surface area contributed by atoms with Gasteiger partial charge in [0.05, 0.1) is 42.5 Å². The Bertz CT molecular complexity index is 1180. The van der Waals surface area contributed by atoms with Crippen molar-refractivity contribution in [1.82, 2.24) is 9.80 Å². The Balaban J connectivity index is 1.58. The average Bonchev–Trinajstić information content (AvgIpc) is 3.11. The summed E-state index contributed by atoms with van der Waals surface area (Å²) in [6.45, 7) is 2.24. The number of halogens is 1. The van der Waals surface area contributed by atoms with Gasteiger partial charge in [-0.15, -0.1) is 0 Å². The number of carbonyl (C=O) groups excluding carboxylic acids is 2. The maximum atomic E-state index is 12.9. The molecule has 8 nitrogen and oxygen atoms in total. The SMILES string of the molecule is COc1cc(/C=C2/SC(=Nc3cccc(C(=O)N4CCOCC4)c3)N(C)C2=O)cc(Br)c1OC. The first-order valence-corrected chi connectivity index (χ1v) is 12.2. The van der Waals surface area contributed by atoms with Crippen LogP contribution in [0, 0.1) is 0 Å². The van der Waals surface area contributed by atoms with Crippen LogP contribution in [0.2, 0.25) is 0 Å². The van der Waals surface area contributed by atoms with Crippen LogP contribution in [0.5, 0.6) is 11.5 Å². The molecule has 0 aliphatic carbocycles. The number of amides is 2. The maximum absolute atomic E-state index is 12.9. The molecule has 2 aliphatic heterocycles. The number of ether oxygens (including phenoxy) is 3. The molecule has 0 spiro atoms. The van der Waals surface area contributed by atoms with Gasteiger partial charge in [-0.25, -0.2) is 4.99 Å². The van der Waals surface area contributed by atoms with E-state index in [0.29, 0.717) is 59.1 Å². The molecule has 2 aromatic rings. The van der Waals surface area contributed by atoms with E-state index in [2.05, 4.69) is 20.9 Å². The van der Waals surface area contributed by atoms with Gasteiger partial charge in [-0.2, -0.15) is 0 Å². The number of rotatable bonds is 5. The number of carbonyl (C=O) groups is 2. The van der Waals surface area contributed by atoms with Crippen molar-refractivity contribution >= 4 is 56.4 Å². The third-order valence-electron chi connectivity index (χ3n) is 5.37. The number of amidine groups is 1. The fraction of sp³-hybridized carbons (Fsp3) is 0.292. The van der Waals surface area contributed by atoms with E-state index in [1.807, 2.05) is 12.1 Å². The van der Waals surface area contributed by atoms with Crippen LogP contribution in [0.25, 0.3) is 6.08 Å². The number of likely N-dealkylation sites (N-methyl/N-ethyl adjacent to an activating group) is 1. The summed E-state index contributed by atoms with van der Waals surface area (Å²) >= 11 is 4.76. The third-order valence-corrected chi connectivity index (χ3v) is 7.02. The van der Waals surface area contributed by atoms with Crippen LogP contribution in [0.1, 0.15) is 15.9 Å². The van der Waals surface area contributed by atoms with Gasteiger partial charge in [-0.3, -0.25) is 14.5 Å². The molecule has 2 heterocycles. The molecule has 0 unspecified atom stereocenters. The van der Waals surface area contributed by atoms with Gasteiger partial charge in [0.15, 0.2) is 16.7 Å². The van der Waals surface area contributed by atoms with Gasteiger partial charge in [0.25, 0.3) is 11.8 Å². The number of aliphatic imine (C=N–C) groups is 1. The maximum Gasteiger partial charge on any atom is 0.266 e. The van der Waals surface area contributed by atoms with Crippen LogP contribution in [0.3, 0.4) is 0 Å². The van der Waals surface area contributed by atoms with E-state index < -0.39 is 0 Å². The Kier molecular flexibility index (Phi) is 7.60. The minimum absolute atomic E-state index is 0.0477. The molecule has 178 valence electrons. The molecule has 0 atom stereocenters. The fourth-order valence-electron chi connectivity index (χ4n) is 3.59. The van der Waals surface area contributed by atoms with Crippen LogP contribution in [0.4, 0.5) is 5.69 Å². The lowest BCUT2D eigenvalue weighted by atomic mass is 10.1. The average molecular weight is 546 g/mol. The van der Waals surface area contributed by atoms with E-state index in [0.717, 1.165) is 10.0 Å². The smallest absolute Gasteiger partial charge is 0.266 e. The summed E-state index contributed by atoms with van der Waals surface area (Å²) in [5, 5.41) is 0.534. The van der Waals surface area contributed by atoms with Crippen molar-refractivity contribution in [2.24, 2.45) is 4.99 Å². The zero-order valence-corrected chi connectivity index (χ0v) is 21.4. The van der Waals surface area contributed by atoms with Crippen molar-refractivity contribution < 1.29 is 23.8 Å². The molecule has 34 heavy (non-hydrogen) atoms. The van der Waals surface area contributed by atoms with Gasteiger partial charge < -0.3 is 19.1 Å². The molecule has 10 heteroatoms. The van der Waals surface area contributed by atoms with Crippen LogP contribution in [-0.2, 0) is 9.53 Å². The number of hydrogen-bond donors (Lipinski definition) is 0. The molecular formula is C24H24BrN3O5S. The lowest BCUT2D eigenvalue weighted by molar-refractivity contribution is -0.121. The first kappa shape index (κ1) is 24.3. The summed E-state index contributed by atoms with van der Waals surface area (Å²) in [6, 6.07) is 10.8. The number of hydrogen-bond acceptors (Lipinski definition) is 7. The molecule has 0 bridgehead atoms. The van der Waals surface area contributed by atoms with Crippen LogP contribution in [-0.4, -0.2) is 74.4 Å². The zero-order chi connectivity index (χ0) is 24.2. The van der Waals surface area contributed by atoms with Gasteiger partial charge in [0, 0.05) is 25.7 Å². The first-order chi connectivity index (χ1) is 16.4. The highest BCUT2D eigenvalue weighted by Crippen LogP contribution is 2.39. The highest BCUT2D eigenvalue weighted by molar-refractivity contribution is 9.10.